The lowest BCUT2D eigenvalue weighted by atomic mass is 9.79. The summed E-state index contributed by atoms with van der Waals surface area (Å²) in [7, 11) is 0. The summed E-state index contributed by atoms with van der Waals surface area (Å²) in [4.78, 5) is 2.85. The fraction of sp³-hybridized carbons (Fsp3) is 1.00. The minimum absolute atomic E-state index is 0.812. The molecule has 2 aliphatic carbocycles. The maximum absolute atomic E-state index is 3.78. The Morgan fingerprint density at radius 1 is 1.25 bits per heavy atom. The van der Waals surface area contributed by atoms with E-state index in [4.69, 9.17) is 0 Å². The summed E-state index contributed by atoms with van der Waals surface area (Å²) in [6.07, 6.45) is 7.17. The number of nitrogens with one attached hydrogen (secondary N) is 1. The van der Waals surface area contributed by atoms with Crippen LogP contribution >= 0.6 is 0 Å². The first-order chi connectivity index (χ1) is 7.78. The first kappa shape index (κ1) is 11.0. The van der Waals surface area contributed by atoms with Crippen LogP contribution in [-0.4, -0.2) is 36.1 Å². The van der Waals surface area contributed by atoms with Crippen molar-refractivity contribution in [1.82, 2.24) is 10.2 Å². The van der Waals surface area contributed by atoms with Crippen LogP contribution in [0.5, 0.6) is 0 Å². The van der Waals surface area contributed by atoms with Crippen molar-refractivity contribution in [2.24, 2.45) is 11.8 Å². The van der Waals surface area contributed by atoms with Gasteiger partial charge in [-0.25, -0.2) is 0 Å². The van der Waals surface area contributed by atoms with E-state index in [0.717, 1.165) is 30.0 Å². The predicted octanol–water partition coefficient (Wildman–Crippen LogP) is 2.25. The molecule has 0 aromatic rings. The molecule has 2 saturated carbocycles. The molecule has 0 aromatic carbocycles. The van der Waals surface area contributed by atoms with E-state index in [1.165, 1.54) is 45.2 Å². The highest BCUT2D eigenvalue weighted by molar-refractivity contribution is 4.98. The summed E-state index contributed by atoms with van der Waals surface area (Å²) in [5.41, 5.74) is 0. The quantitative estimate of drug-likeness (QED) is 0.788. The van der Waals surface area contributed by atoms with Gasteiger partial charge in [-0.1, -0.05) is 13.8 Å². The molecule has 16 heavy (non-hydrogen) atoms. The summed E-state index contributed by atoms with van der Waals surface area (Å²) in [6.45, 7) is 7.32. The molecule has 0 radical (unpaired) electrons. The van der Waals surface area contributed by atoms with Crippen LogP contribution in [0.2, 0.25) is 0 Å². The maximum atomic E-state index is 3.78. The Labute approximate surface area is 99.8 Å². The van der Waals surface area contributed by atoms with Gasteiger partial charge in [0.15, 0.2) is 0 Å². The molecular weight excluding hydrogens is 196 g/mol. The second kappa shape index (κ2) is 4.30. The van der Waals surface area contributed by atoms with Gasteiger partial charge in [-0.15, -0.1) is 0 Å². The molecule has 1 N–H and O–H groups in total. The summed E-state index contributed by atoms with van der Waals surface area (Å²) >= 11 is 0. The Morgan fingerprint density at radius 3 is 2.56 bits per heavy atom. The molecule has 3 rings (SSSR count). The molecule has 3 fully saturated rings. The highest BCUT2D eigenvalue weighted by Gasteiger charge is 2.41. The molecule has 2 atom stereocenters. The van der Waals surface area contributed by atoms with E-state index in [9.17, 15) is 0 Å². The third kappa shape index (κ3) is 2.02. The smallest absolute Gasteiger partial charge is 0.0224 e. The predicted molar refractivity (Wildman–Crippen MR) is 67.5 cm³/mol. The SMILES string of the molecule is CCC1CNC(C2CC2)CN1C1CC(C)C1. The minimum Gasteiger partial charge on any atom is -0.311 e. The van der Waals surface area contributed by atoms with Crippen LogP contribution in [0.4, 0.5) is 0 Å². The van der Waals surface area contributed by atoms with Crippen molar-refractivity contribution in [2.45, 2.75) is 64.1 Å². The maximum Gasteiger partial charge on any atom is 0.0224 e. The molecule has 92 valence electrons. The molecule has 2 nitrogen and oxygen atoms in total. The fourth-order valence-corrected chi connectivity index (χ4v) is 3.62. The average Bonchev–Trinajstić information content (AvgIpc) is 3.08. The van der Waals surface area contributed by atoms with Gasteiger partial charge in [-0.05, 0) is 43.9 Å². The zero-order valence-electron chi connectivity index (χ0n) is 10.8. The standard InChI is InChI=1S/C14H26N2/c1-3-12-8-15-14(11-4-5-11)9-16(12)13-6-10(2)7-13/h10-15H,3-9H2,1-2H3. The summed E-state index contributed by atoms with van der Waals surface area (Å²) in [5.74, 6) is 1.99. The van der Waals surface area contributed by atoms with Crippen molar-refractivity contribution in [1.29, 1.82) is 0 Å². The van der Waals surface area contributed by atoms with Crippen molar-refractivity contribution in [3.05, 3.63) is 0 Å². The molecule has 1 aliphatic heterocycles. The molecule has 1 heterocycles. The Morgan fingerprint density at radius 2 is 2.00 bits per heavy atom. The number of hydrogen-bond donors (Lipinski definition) is 1. The lowest BCUT2D eigenvalue weighted by molar-refractivity contribution is 0.0136. The third-order valence-corrected chi connectivity index (χ3v) is 4.97. The van der Waals surface area contributed by atoms with Gasteiger partial charge in [0.25, 0.3) is 0 Å². The zero-order valence-corrected chi connectivity index (χ0v) is 10.8. The molecule has 2 heteroatoms. The van der Waals surface area contributed by atoms with Gasteiger partial charge in [0.1, 0.15) is 0 Å². The second-order valence-electron chi connectivity index (χ2n) is 6.34. The van der Waals surface area contributed by atoms with Gasteiger partial charge < -0.3 is 5.32 Å². The van der Waals surface area contributed by atoms with Gasteiger partial charge in [0.2, 0.25) is 0 Å². The van der Waals surface area contributed by atoms with Gasteiger partial charge in [0, 0.05) is 31.2 Å². The van der Waals surface area contributed by atoms with Gasteiger partial charge >= 0.3 is 0 Å². The zero-order chi connectivity index (χ0) is 11.1. The minimum atomic E-state index is 0.812. The molecular formula is C14H26N2. The van der Waals surface area contributed by atoms with Crippen molar-refractivity contribution in [3.8, 4) is 0 Å². The first-order valence-electron chi connectivity index (χ1n) is 7.27. The Bertz CT molecular complexity index is 243. The highest BCUT2D eigenvalue weighted by atomic mass is 15.3. The first-order valence-corrected chi connectivity index (χ1v) is 7.27. The molecule has 2 unspecified atom stereocenters. The Hall–Kier alpha value is -0.0800. The summed E-state index contributed by atoms with van der Waals surface area (Å²) < 4.78 is 0. The molecule has 3 aliphatic rings. The molecule has 0 spiro atoms. The van der Waals surface area contributed by atoms with E-state index in [0.29, 0.717) is 0 Å². The van der Waals surface area contributed by atoms with Crippen molar-refractivity contribution < 1.29 is 0 Å². The van der Waals surface area contributed by atoms with Crippen LogP contribution < -0.4 is 5.32 Å². The van der Waals surface area contributed by atoms with Crippen LogP contribution in [0.15, 0.2) is 0 Å². The number of piperazine rings is 1. The van der Waals surface area contributed by atoms with Crippen LogP contribution in [0.25, 0.3) is 0 Å². The molecule has 0 aromatic heterocycles. The van der Waals surface area contributed by atoms with Gasteiger partial charge in [0.05, 0.1) is 0 Å². The van der Waals surface area contributed by atoms with Crippen molar-refractivity contribution in [2.75, 3.05) is 13.1 Å². The van der Waals surface area contributed by atoms with E-state index >= 15 is 0 Å². The van der Waals surface area contributed by atoms with Gasteiger partial charge in [-0.2, -0.15) is 0 Å². The lowest BCUT2D eigenvalue weighted by Crippen LogP contribution is -2.62. The highest BCUT2D eigenvalue weighted by Crippen LogP contribution is 2.38. The van der Waals surface area contributed by atoms with Crippen molar-refractivity contribution in [3.63, 3.8) is 0 Å². The molecule has 0 amide bonds. The van der Waals surface area contributed by atoms with Crippen LogP contribution in [-0.2, 0) is 0 Å². The molecule has 1 saturated heterocycles. The van der Waals surface area contributed by atoms with E-state index < -0.39 is 0 Å². The largest absolute Gasteiger partial charge is 0.311 e. The van der Waals surface area contributed by atoms with Crippen LogP contribution in [0.3, 0.4) is 0 Å². The normalized spacial score (nSPS) is 45.4. The second-order valence-corrected chi connectivity index (χ2v) is 6.34. The van der Waals surface area contributed by atoms with E-state index in [1.807, 2.05) is 0 Å². The fourth-order valence-electron chi connectivity index (χ4n) is 3.62. The number of rotatable bonds is 3. The van der Waals surface area contributed by atoms with E-state index in [-0.39, 0.29) is 0 Å². The third-order valence-electron chi connectivity index (χ3n) is 4.97. The van der Waals surface area contributed by atoms with Crippen molar-refractivity contribution >= 4 is 0 Å². The molecule has 0 bridgehead atoms. The number of nitrogens with zero attached hydrogens (tertiary/aromatic N) is 1. The van der Waals surface area contributed by atoms with E-state index in [2.05, 4.69) is 24.1 Å². The monoisotopic (exact) mass is 222 g/mol. The topological polar surface area (TPSA) is 15.3 Å². The summed E-state index contributed by atoms with van der Waals surface area (Å²) in [6, 6.07) is 2.55. The summed E-state index contributed by atoms with van der Waals surface area (Å²) in [5, 5.41) is 3.78. The van der Waals surface area contributed by atoms with Crippen LogP contribution in [0, 0.1) is 11.8 Å². The van der Waals surface area contributed by atoms with Gasteiger partial charge in [-0.3, -0.25) is 4.90 Å². The average molecular weight is 222 g/mol. The van der Waals surface area contributed by atoms with Crippen LogP contribution in [0.1, 0.15) is 46.0 Å². The number of hydrogen-bond acceptors (Lipinski definition) is 2. The Balaban J connectivity index is 1.61. The lowest BCUT2D eigenvalue weighted by Gasteiger charge is -2.50. The Kier molecular flexibility index (Phi) is 2.97. The van der Waals surface area contributed by atoms with E-state index in [1.54, 1.807) is 0 Å².